The van der Waals surface area contributed by atoms with Gasteiger partial charge in [0.25, 0.3) is 5.91 Å². The average Bonchev–Trinajstić information content (AvgIpc) is 3.37. The number of anilines is 2. The molecule has 2 saturated heterocycles. The Morgan fingerprint density at radius 1 is 1.06 bits per heavy atom. The van der Waals surface area contributed by atoms with E-state index >= 15 is 0 Å². The normalized spacial score (nSPS) is 18.5. The number of nitrogens with one attached hydrogen (secondary N) is 2. The summed E-state index contributed by atoms with van der Waals surface area (Å²) in [7, 11) is 3.27. The fourth-order valence-electron chi connectivity index (χ4n) is 8.35. The van der Waals surface area contributed by atoms with E-state index in [1.54, 1.807) is 4.90 Å². The van der Waals surface area contributed by atoms with Gasteiger partial charge in [0, 0.05) is 80.7 Å². The van der Waals surface area contributed by atoms with Crippen LogP contribution in [0.4, 0.5) is 16.2 Å². The van der Waals surface area contributed by atoms with Crippen LogP contribution < -0.4 is 20.4 Å². The second kappa shape index (κ2) is 14.6. The maximum atomic E-state index is 14.1. The summed E-state index contributed by atoms with van der Waals surface area (Å²) in [6, 6.07) is 10.6. The highest BCUT2D eigenvalue weighted by Crippen LogP contribution is 2.53. The van der Waals surface area contributed by atoms with Crippen molar-refractivity contribution in [3.8, 4) is 11.1 Å². The van der Waals surface area contributed by atoms with Crippen molar-refractivity contribution >= 4 is 35.3 Å². The highest BCUT2D eigenvalue weighted by molar-refractivity contribution is 5.99. The molecule has 51 heavy (non-hydrogen) atoms. The molecule has 4 aliphatic heterocycles. The summed E-state index contributed by atoms with van der Waals surface area (Å²) in [5, 5.41) is 6.14. The second-order valence-corrected chi connectivity index (χ2v) is 13.9. The number of ether oxygens (including phenoxy) is 2. The van der Waals surface area contributed by atoms with Crippen LogP contribution in [0.15, 0.2) is 64.6 Å². The molecule has 0 atom stereocenters. The Hall–Kier alpha value is -5.08. The Morgan fingerprint density at radius 2 is 1.78 bits per heavy atom. The molecule has 11 heteroatoms. The van der Waals surface area contributed by atoms with Crippen molar-refractivity contribution < 1.29 is 28.7 Å². The number of carbonyl (C=O) groups is 2. The Bertz CT molecular complexity index is 1900. The van der Waals surface area contributed by atoms with Crippen LogP contribution in [0.5, 0.6) is 0 Å². The standard InChI is InChI=1S/C40H47N5O6/c1-7-45(30-10-16-51-17-11-30)35-21-29(19-31(27(35)4)38(48)41-22-32-25(2)18-26(3)42-34(32)23-46)28-8-9-33-36(20-28)43(5)37(24-47)40(33)12-14-44(15-13-40)39(49)50-6/h8-9,18-21,30,42H,7,10-17,22H2,1-6H3,(H,41,48). The van der Waals surface area contributed by atoms with Gasteiger partial charge in [-0.25, -0.2) is 14.4 Å². The number of piperidine rings is 1. The zero-order chi connectivity index (χ0) is 36.4. The number of allylic oxidation sites excluding steroid dienone is 4. The quantitative estimate of drug-likeness (QED) is 0.377. The number of methoxy groups -OCH3 is 1. The zero-order valence-electron chi connectivity index (χ0n) is 30.4. The van der Waals surface area contributed by atoms with Crippen LogP contribution in [0.25, 0.3) is 11.1 Å². The van der Waals surface area contributed by atoms with Crippen LogP contribution in [-0.2, 0) is 24.5 Å². The van der Waals surface area contributed by atoms with E-state index in [-0.39, 0.29) is 24.6 Å². The van der Waals surface area contributed by atoms with Gasteiger partial charge in [0.1, 0.15) is 17.3 Å². The van der Waals surface area contributed by atoms with Gasteiger partial charge in [-0.15, -0.1) is 0 Å². The smallest absolute Gasteiger partial charge is 0.409 e. The van der Waals surface area contributed by atoms with Crippen molar-refractivity contribution in [3.05, 3.63) is 81.3 Å². The van der Waals surface area contributed by atoms with E-state index < -0.39 is 5.41 Å². The molecule has 2 aromatic rings. The lowest BCUT2D eigenvalue weighted by molar-refractivity contribution is 0.0846. The molecule has 2 amide bonds. The van der Waals surface area contributed by atoms with Crippen molar-refractivity contribution in [3.63, 3.8) is 0 Å². The minimum atomic E-state index is -0.552. The second-order valence-electron chi connectivity index (χ2n) is 13.9. The highest BCUT2D eigenvalue weighted by Gasteiger charge is 2.49. The molecule has 0 aromatic heterocycles. The number of carbonyl (C=O) groups excluding carboxylic acids is 4. The lowest BCUT2D eigenvalue weighted by Crippen LogP contribution is -2.46. The lowest BCUT2D eigenvalue weighted by Gasteiger charge is -2.39. The number of rotatable bonds is 7. The predicted octanol–water partition coefficient (Wildman–Crippen LogP) is 5.20. The molecule has 2 aromatic carbocycles. The molecule has 4 heterocycles. The number of fused-ring (bicyclic) bond motifs is 2. The fourth-order valence-corrected chi connectivity index (χ4v) is 8.35. The van der Waals surface area contributed by atoms with Gasteiger partial charge in [0.15, 0.2) is 5.94 Å². The minimum absolute atomic E-state index is 0.169. The van der Waals surface area contributed by atoms with Crippen molar-refractivity contribution in [1.29, 1.82) is 0 Å². The number of nitrogens with zero attached hydrogens (tertiary/aromatic N) is 3. The monoisotopic (exact) mass is 693 g/mol. The van der Waals surface area contributed by atoms with Crippen molar-refractivity contribution in [2.45, 2.75) is 64.8 Å². The van der Waals surface area contributed by atoms with Gasteiger partial charge in [0.05, 0.1) is 12.5 Å². The molecular formula is C40H47N5O6. The van der Waals surface area contributed by atoms with Gasteiger partial charge in [0.2, 0.25) is 0 Å². The molecule has 4 aliphatic rings. The Labute approximate surface area is 299 Å². The lowest BCUT2D eigenvalue weighted by atomic mass is 9.72. The Morgan fingerprint density at radius 3 is 2.43 bits per heavy atom. The van der Waals surface area contributed by atoms with Gasteiger partial charge in [-0.05, 0) is 105 Å². The molecule has 0 bridgehead atoms. The van der Waals surface area contributed by atoms with Crippen molar-refractivity contribution in [1.82, 2.24) is 15.5 Å². The number of hydrogen-bond acceptors (Lipinski definition) is 9. The number of amides is 2. The first-order valence-electron chi connectivity index (χ1n) is 17.7. The third-order valence-corrected chi connectivity index (χ3v) is 11.1. The Kier molecular flexibility index (Phi) is 10.3. The summed E-state index contributed by atoms with van der Waals surface area (Å²) >= 11 is 0. The van der Waals surface area contributed by atoms with E-state index in [0.717, 1.165) is 64.3 Å². The van der Waals surface area contributed by atoms with E-state index in [9.17, 15) is 19.2 Å². The van der Waals surface area contributed by atoms with Gasteiger partial charge in [-0.1, -0.05) is 12.1 Å². The highest BCUT2D eigenvalue weighted by atomic mass is 16.5. The summed E-state index contributed by atoms with van der Waals surface area (Å²) < 4.78 is 10.6. The van der Waals surface area contributed by atoms with Crippen molar-refractivity contribution in [2.75, 3.05) is 63.4 Å². The molecule has 1 spiro atoms. The summed E-state index contributed by atoms with van der Waals surface area (Å²) in [6.45, 7) is 11.2. The molecule has 0 aliphatic carbocycles. The van der Waals surface area contributed by atoms with Gasteiger partial charge in [-0.2, -0.15) is 0 Å². The van der Waals surface area contributed by atoms with Crippen LogP contribution in [0, 0.1) is 6.92 Å². The zero-order valence-corrected chi connectivity index (χ0v) is 30.4. The van der Waals surface area contributed by atoms with Crippen LogP contribution >= 0.6 is 0 Å². The van der Waals surface area contributed by atoms with Crippen molar-refractivity contribution in [2.24, 2.45) is 0 Å². The fraction of sp³-hybridized carbons (Fsp3) is 0.450. The topological polar surface area (TPSA) is 121 Å². The van der Waals surface area contributed by atoms with E-state index in [0.29, 0.717) is 61.7 Å². The van der Waals surface area contributed by atoms with E-state index in [2.05, 4.69) is 52.7 Å². The van der Waals surface area contributed by atoms with Crippen LogP contribution in [-0.4, -0.2) is 88.4 Å². The minimum Gasteiger partial charge on any atom is -0.453 e. The summed E-state index contributed by atoms with van der Waals surface area (Å²) in [5.74, 6) is 3.99. The molecule has 2 N–H and O–H groups in total. The van der Waals surface area contributed by atoms with E-state index in [4.69, 9.17) is 9.47 Å². The molecule has 268 valence electrons. The number of hydrogen-bond donors (Lipinski definition) is 2. The molecule has 0 radical (unpaired) electrons. The Balaban J connectivity index is 1.40. The molecule has 0 saturated carbocycles. The maximum absolute atomic E-state index is 14.1. The van der Waals surface area contributed by atoms with E-state index in [1.807, 2.05) is 50.8 Å². The molecule has 0 unspecified atom stereocenters. The molecule has 11 nitrogen and oxygen atoms in total. The molecular weight excluding hydrogens is 646 g/mol. The largest absolute Gasteiger partial charge is 0.453 e. The van der Waals surface area contributed by atoms with Crippen LogP contribution in [0.2, 0.25) is 0 Å². The third kappa shape index (κ3) is 6.49. The first kappa shape index (κ1) is 35.7. The van der Waals surface area contributed by atoms with Gasteiger partial charge < -0.3 is 34.8 Å². The number of likely N-dealkylation sites (N-methyl/N-ethyl adjacent to an activating group) is 1. The van der Waals surface area contributed by atoms with E-state index in [1.165, 1.54) is 7.11 Å². The average molecular weight is 694 g/mol. The number of likely N-dealkylation sites (tertiary alicyclic amines) is 1. The molecule has 6 rings (SSSR count). The summed E-state index contributed by atoms with van der Waals surface area (Å²) in [4.78, 5) is 56.6. The van der Waals surface area contributed by atoms with Crippen LogP contribution in [0.1, 0.15) is 67.9 Å². The van der Waals surface area contributed by atoms with Gasteiger partial charge in [-0.3, -0.25) is 4.79 Å². The number of benzene rings is 2. The first-order valence-corrected chi connectivity index (χ1v) is 17.7. The summed E-state index contributed by atoms with van der Waals surface area (Å²) in [5.41, 5.74) is 8.92. The third-order valence-electron chi connectivity index (χ3n) is 11.1. The SMILES string of the molecule is CCN(c1cc(-c2ccc3c(c2)N(C)C(=C=O)C32CCN(C(=O)OC)CC2)cc(C(=O)NCC2=C(C)C=C(C)NC2=C=O)c1C)C1CCOCC1. The number of dihydropyridines is 1. The maximum Gasteiger partial charge on any atom is 0.409 e. The predicted molar refractivity (Wildman–Crippen MR) is 197 cm³/mol. The first-order chi connectivity index (χ1) is 24.6. The van der Waals surface area contributed by atoms with Gasteiger partial charge >= 0.3 is 6.09 Å². The molecule has 2 fully saturated rings. The summed E-state index contributed by atoms with van der Waals surface area (Å²) in [6.07, 6.45) is 4.54. The van der Waals surface area contributed by atoms with Crippen LogP contribution in [0.3, 0.4) is 0 Å².